The Labute approximate surface area is 866 Å². The van der Waals surface area contributed by atoms with Gasteiger partial charge in [-0.1, -0.05) is 294 Å². The van der Waals surface area contributed by atoms with E-state index in [9.17, 15) is 62.3 Å². The molecule has 0 heterocycles. The van der Waals surface area contributed by atoms with Gasteiger partial charge in [0.1, 0.15) is 0 Å². The number of carbonyl (C=O) groups is 13. The highest BCUT2D eigenvalue weighted by Crippen LogP contribution is 2.27. The van der Waals surface area contributed by atoms with E-state index in [0.29, 0.717) is 208 Å². The van der Waals surface area contributed by atoms with Gasteiger partial charge in [0.15, 0.2) is 0 Å². The summed E-state index contributed by atoms with van der Waals surface area (Å²) in [5, 5.41) is 0. The lowest BCUT2D eigenvalue weighted by atomic mass is 9.91. The minimum atomic E-state index is -0.325. The van der Waals surface area contributed by atoms with Crippen LogP contribution in [0.2, 0.25) is 0 Å². The first-order valence-electron chi connectivity index (χ1n) is 53.0. The van der Waals surface area contributed by atoms with Crippen molar-refractivity contribution in [3.05, 3.63) is 24.3 Å². The van der Waals surface area contributed by atoms with Crippen LogP contribution in [0.25, 0.3) is 0 Å². The third-order valence-electron chi connectivity index (χ3n) is 18.8. The van der Waals surface area contributed by atoms with E-state index in [0.717, 1.165) is 51.4 Å². The SMILES string of the molecule is CC/C=C\CC(=O)OCC(C)C.CC/C=C\CC(=O)OCC(C)C.CCC(=O)OCC(C)C.CCC(=O)OCC(C)C.CCC(=O)OCC(C)C.CCC(=O)OCC(C)C.CCC(=O)OCC(C)C.CCC(C)(C)C(=O)OCC(C)C.CCC(C)(C)C(=O)OCC(C)C.CCC(C)(C)C(=O)OCC(C)C.CCC(C)(C)C(=O)OCC(C)C.CCC(C)(C)C(=O)OCC(C)C.CCC(C)(C)C(=O)OCC(C)C. The Morgan fingerprint density at radius 2 is 0.262 bits per heavy atom. The van der Waals surface area contributed by atoms with Gasteiger partial charge >= 0.3 is 77.6 Å². The molecule has 0 aliphatic rings. The minimum absolute atomic E-state index is 0.0845. The standard InChI is InChI=1S/6C10H20O2.2C10H18O2.5C7H14O2/c6*1-6-10(4,5)9(11)12-7-8(2)3;2*1-4-5-6-7-10(11)12-8-9(2)3;5*1-4-7(8)9-5-6(2)3/h6*8H,6-7H2,1-5H3;2*5-6,9H,4,7-8H2,1-3H3;5*6H,4-5H2,1-3H3/b;;;;;;2*6-5-;;;;;. The largest absolute Gasteiger partial charge is 0.465 e. The van der Waals surface area contributed by atoms with Crippen LogP contribution in [-0.4, -0.2) is 163 Å². The van der Waals surface area contributed by atoms with Gasteiger partial charge in [0, 0.05) is 32.1 Å². The fraction of sp³-hybridized carbons (Fsp3) is 0.852. The van der Waals surface area contributed by atoms with E-state index < -0.39 is 0 Å². The summed E-state index contributed by atoms with van der Waals surface area (Å²) in [5.41, 5.74) is -1.95. The monoisotopic (exact) mass is 2020 g/mol. The first-order valence-corrected chi connectivity index (χ1v) is 53.0. The van der Waals surface area contributed by atoms with Crippen molar-refractivity contribution in [2.75, 3.05) is 85.9 Å². The van der Waals surface area contributed by atoms with Crippen molar-refractivity contribution in [2.45, 2.75) is 449 Å². The van der Waals surface area contributed by atoms with Crippen LogP contribution >= 0.6 is 0 Å². The number of esters is 13. The molecular formula is C115H226O26. The van der Waals surface area contributed by atoms with Gasteiger partial charge in [-0.05, 0) is 211 Å². The molecule has 26 heteroatoms. The molecule has 0 unspecified atom stereocenters. The molecule has 0 aliphatic heterocycles. The number of hydrogen-bond acceptors (Lipinski definition) is 26. The van der Waals surface area contributed by atoms with Crippen LogP contribution in [0.3, 0.4) is 0 Å². The molecule has 0 aromatic carbocycles. The van der Waals surface area contributed by atoms with E-state index in [-0.39, 0.29) is 110 Å². The lowest BCUT2D eigenvalue weighted by Gasteiger charge is -2.20. The highest BCUT2D eigenvalue weighted by molar-refractivity contribution is 5.78. The van der Waals surface area contributed by atoms with Gasteiger partial charge in [0.2, 0.25) is 0 Å². The predicted molar refractivity (Wildman–Crippen MR) is 579 cm³/mol. The van der Waals surface area contributed by atoms with E-state index in [4.69, 9.17) is 61.6 Å². The van der Waals surface area contributed by atoms with E-state index in [1.807, 2.05) is 343 Å². The molecule has 842 valence electrons. The first-order chi connectivity index (χ1) is 64.5. The Balaban J connectivity index is -0.000000115. The van der Waals surface area contributed by atoms with Crippen LogP contribution in [0, 0.1) is 109 Å². The van der Waals surface area contributed by atoms with Crippen molar-refractivity contribution >= 4 is 77.6 Å². The molecule has 0 aliphatic carbocycles. The zero-order chi connectivity index (χ0) is 114. The van der Waals surface area contributed by atoms with Crippen molar-refractivity contribution in [2.24, 2.45) is 109 Å². The summed E-state index contributed by atoms with van der Waals surface area (Å²) in [6.45, 7) is 108. The molecule has 0 bridgehead atoms. The summed E-state index contributed by atoms with van der Waals surface area (Å²) in [6, 6.07) is 0. The summed E-state index contributed by atoms with van der Waals surface area (Å²) in [5.74, 6) is 4.27. The molecule has 0 spiro atoms. The van der Waals surface area contributed by atoms with E-state index in [1.54, 1.807) is 34.6 Å². The topological polar surface area (TPSA) is 342 Å². The Morgan fingerprint density at radius 1 is 0.163 bits per heavy atom. The molecule has 0 rings (SSSR count). The first kappa shape index (κ1) is 162. The second-order valence-electron chi connectivity index (χ2n) is 43.9. The normalized spacial score (nSPS) is 11.0. The third kappa shape index (κ3) is 131. The maximum atomic E-state index is 11.4. The second kappa shape index (κ2) is 99.9. The van der Waals surface area contributed by atoms with Gasteiger partial charge < -0.3 is 61.6 Å². The average molecular weight is 2030 g/mol. The lowest BCUT2D eigenvalue weighted by Crippen LogP contribution is -2.26. The molecule has 0 saturated heterocycles. The van der Waals surface area contributed by atoms with Crippen molar-refractivity contribution < 1.29 is 124 Å². The van der Waals surface area contributed by atoms with Crippen LogP contribution in [0.5, 0.6) is 0 Å². The van der Waals surface area contributed by atoms with Gasteiger partial charge in [-0.3, -0.25) is 62.3 Å². The smallest absolute Gasteiger partial charge is 0.311 e. The number of allylic oxidation sites excluding steroid dienone is 2. The van der Waals surface area contributed by atoms with Gasteiger partial charge in [-0.2, -0.15) is 0 Å². The van der Waals surface area contributed by atoms with Gasteiger partial charge in [0.05, 0.1) is 131 Å². The maximum Gasteiger partial charge on any atom is 0.311 e. The molecule has 0 saturated carbocycles. The Kier molecular flexibility index (Phi) is 114. The summed E-state index contributed by atoms with van der Waals surface area (Å²) in [6.07, 6.45) is 17.7. The van der Waals surface area contributed by atoms with Crippen LogP contribution in [0.15, 0.2) is 24.3 Å². The minimum Gasteiger partial charge on any atom is -0.465 e. The summed E-state index contributed by atoms with van der Waals surface area (Å²) >= 11 is 0. The Hall–Kier alpha value is -7.41. The number of hydrogen-bond donors (Lipinski definition) is 0. The van der Waals surface area contributed by atoms with Gasteiger partial charge in [0.25, 0.3) is 0 Å². The zero-order valence-corrected chi connectivity index (χ0v) is 101. The molecule has 0 radical (unpaired) electrons. The lowest BCUT2D eigenvalue weighted by molar-refractivity contribution is -0.155. The number of rotatable bonds is 49. The molecule has 0 fully saturated rings. The van der Waals surface area contributed by atoms with E-state index in [2.05, 4.69) is 0 Å². The second-order valence-corrected chi connectivity index (χ2v) is 43.9. The van der Waals surface area contributed by atoms with Crippen molar-refractivity contribution in [3.8, 4) is 0 Å². The molecule has 26 nitrogen and oxygen atoms in total. The van der Waals surface area contributed by atoms with E-state index >= 15 is 0 Å². The molecule has 0 atom stereocenters. The van der Waals surface area contributed by atoms with Crippen LogP contribution < -0.4 is 0 Å². The molecule has 0 aromatic heterocycles. The summed E-state index contributed by atoms with van der Waals surface area (Å²) < 4.78 is 64.7. The van der Waals surface area contributed by atoms with Crippen LogP contribution in [0.1, 0.15) is 449 Å². The average Bonchev–Trinajstić information content (AvgIpc) is 0.920. The fourth-order valence-corrected chi connectivity index (χ4v) is 6.63. The fourth-order valence-electron chi connectivity index (χ4n) is 6.63. The maximum absolute atomic E-state index is 11.4. The molecule has 0 N–H and O–H groups in total. The van der Waals surface area contributed by atoms with Gasteiger partial charge in [-0.15, -0.1) is 0 Å². The Bertz CT molecular complexity index is 2660. The molecule has 0 amide bonds. The molecular weight excluding hydrogens is 1800 g/mol. The van der Waals surface area contributed by atoms with Crippen LogP contribution in [0.4, 0.5) is 0 Å². The molecule has 0 aromatic rings. The Morgan fingerprint density at radius 3 is 0.348 bits per heavy atom. The van der Waals surface area contributed by atoms with Crippen molar-refractivity contribution in [3.63, 3.8) is 0 Å². The molecule has 141 heavy (non-hydrogen) atoms. The highest BCUT2D eigenvalue weighted by atomic mass is 16.6. The van der Waals surface area contributed by atoms with Crippen molar-refractivity contribution in [1.82, 2.24) is 0 Å². The van der Waals surface area contributed by atoms with Gasteiger partial charge in [-0.25, -0.2) is 0 Å². The summed E-state index contributed by atoms with van der Waals surface area (Å²) in [4.78, 5) is 143. The number of ether oxygens (including phenoxy) is 13. The van der Waals surface area contributed by atoms with Crippen LogP contribution in [-0.2, 0) is 124 Å². The van der Waals surface area contributed by atoms with Crippen molar-refractivity contribution in [1.29, 1.82) is 0 Å². The quantitative estimate of drug-likeness (QED) is 0.0310. The summed E-state index contributed by atoms with van der Waals surface area (Å²) in [7, 11) is 0. The zero-order valence-electron chi connectivity index (χ0n) is 101. The highest BCUT2D eigenvalue weighted by Gasteiger charge is 2.32. The number of carbonyl (C=O) groups excluding carboxylic acids is 13. The van der Waals surface area contributed by atoms with E-state index in [1.165, 1.54) is 0 Å². The predicted octanol–water partition coefficient (Wildman–Crippen LogP) is 28.8. The third-order valence-corrected chi connectivity index (χ3v) is 18.8.